The van der Waals surface area contributed by atoms with Crippen molar-refractivity contribution in [2.75, 3.05) is 18.0 Å². The van der Waals surface area contributed by atoms with Crippen LogP contribution < -0.4 is 16.0 Å². The van der Waals surface area contributed by atoms with Gasteiger partial charge >= 0.3 is 0 Å². The van der Waals surface area contributed by atoms with Crippen molar-refractivity contribution in [2.45, 2.75) is 52.5 Å². The third kappa shape index (κ3) is 4.53. The van der Waals surface area contributed by atoms with E-state index in [4.69, 9.17) is 5.73 Å². The average molecular weight is 368 g/mol. The summed E-state index contributed by atoms with van der Waals surface area (Å²) in [6, 6.07) is 7.74. The first kappa shape index (κ1) is 21.5. The van der Waals surface area contributed by atoms with Crippen molar-refractivity contribution in [2.24, 2.45) is 11.1 Å². The maximum Gasteiger partial charge on any atom is 0.227 e. The Bertz CT molecular complexity index is 594. The van der Waals surface area contributed by atoms with E-state index in [1.807, 2.05) is 49.9 Å². The highest BCUT2D eigenvalue weighted by atomic mass is 35.5. The standard InChI is InChI=1S/C19H29N3O2.ClH/c1-4-19(5-2,13-20)18(24)21-14(3)15-8-6-9-16(12-15)22-11-7-10-17(22)23;/h6,8-9,12,14H,4-5,7,10-11,13,20H2,1-3H3,(H,21,24);1H. The maximum atomic E-state index is 12.7. The van der Waals surface area contributed by atoms with Gasteiger partial charge in [0.2, 0.25) is 11.8 Å². The lowest BCUT2D eigenvalue weighted by Gasteiger charge is -2.30. The Hall–Kier alpha value is -1.59. The second-order valence-electron chi connectivity index (χ2n) is 6.63. The summed E-state index contributed by atoms with van der Waals surface area (Å²) in [6.07, 6.45) is 2.96. The summed E-state index contributed by atoms with van der Waals surface area (Å²) in [4.78, 5) is 26.4. The molecular weight excluding hydrogens is 338 g/mol. The molecule has 5 nitrogen and oxygen atoms in total. The molecule has 140 valence electrons. The van der Waals surface area contributed by atoms with Gasteiger partial charge in [-0.2, -0.15) is 0 Å². The minimum absolute atomic E-state index is 0. The van der Waals surface area contributed by atoms with E-state index >= 15 is 0 Å². The molecule has 1 fully saturated rings. The van der Waals surface area contributed by atoms with E-state index in [2.05, 4.69) is 5.32 Å². The molecule has 1 atom stereocenters. The summed E-state index contributed by atoms with van der Waals surface area (Å²) in [6.45, 7) is 7.09. The second-order valence-corrected chi connectivity index (χ2v) is 6.63. The molecule has 3 N–H and O–H groups in total. The summed E-state index contributed by atoms with van der Waals surface area (Å²) < 4.78 is 0. The van der Waals surface area contributed by atoms with Crippen LogP contribution in [0.1, 0.15) is 58.1 Å². The molecule has 0 bridgehead atoms. The van der Waals surface area contributed by atoms with Crippen molar-refractivity contribution < 1.29 is 9.59 Å². The molecule has 1 heterocycles. The van der Waals surface area contributed by atoms with Gasteiger partial charge in [-0.05, 0) is 43.9 Å². The van der Waals surface area contributed by atoms with Crippen molar-refractivity contribution >= 4 is 29.9 Å². The summed E-state index contributed by atoms with van der Waals surface area (Å²) in [5.74, 6) is 0.174. The highest BCUT2D eigenvalue weighted by Gasteiger charge is 2.34. The first-order valence-corrected chi connectivity index (χ1v) is 8.88. The lowest BCUT2D eigenvalue weighted by atomic mass is 9.81. The fraction of sp³-hybridized carbons (Fsp3) is 0.579. The Kier molecular flexibility index (Phi) is 7.90. The smallest absolute Gasteiger partial charge is 0.227 e. The first-order valence-electron chi connectivity index (χ1n) is 8.88. The molecule has 1 unspecified atom stereocenters. The van der Waals surface area contributed by atoms with Crippen molar-refractivity contribution in [1.82, 2.24) is 5.32 Å². The molecule has 1 aromatic carbocycles. The van der Waals surface area contributed by atoms with Crippen LogP contribution in [0.2, 0.25) is 0 Å². The van der Waals surface area contributed by atoms with Crippen LogP contribution in [-0.4, -0.2) is 24.9 Å². The quantitative estimate of drug-likeness (QED) is 0.777. The normalized spacial score (nSPS) is 15.7. The molecule has 1 aliphatic rings. The zero-order valence-electron chi connectivity index (χ0n) is 15.4. The molecule has 2 amide bonds. The fourth-order valence-corrected chi connectivity index (χ4v) is 3.27. The highest BCUT2D eigenvalue weighted by Crippen LogP contribution is 2.28. The first-order chi connectivity index (χ1) is 11.5. The molecule has 0 radical (unpaired) electrons. The van der Waals surface area contributed by atoms with Gasteiger partial charge in [0, 0.05) is 25.2 Å². The molecule has 1 aromatic rings. The molecule has 1 aliphatic heterocycles. The third-order valence-electron chi connectivity index (χ3n) is 5.33. The number of rotatable bonds is 7. The van der Waals surface area contributed by atoms with Crippen LogP contribution in [0, 0.1) is 5.41 Å². The predicted molar refractivity (Wildman–Crippen MR) is 104 cm³/mol. The number of carbonyl (C=O) groups excluding carboxylic acids is 2. The molecular formula is C19H30ClN3O2. The number of nitrogens with one attached hydrogen (secondary N) is 1. The Morgan fingerprint density at radius 3 is 2.56 bits per heavy atom. The number of hydrogen-bond donors (Lipinski definition) is 2. The van der Waals surface area contributed by atoms with Crippen LogP contribution >= 0.6 is 12.4 Å². The molecule has 2 rings (SSSR count). The van der Waals surface area contributed by atoms with Gasteiger partial charge in [0.25, 0.3) is 0 Å². The van der Waals surface area contributed by atoms with E-state index in [1.165, 1.54) is 0 Å². The van der Waals surface area contributed by atoms with Crippen LogP contribution in [0.15, 0.2) is 24.3 Å². The summed E-state index contributed by atoms with van der Waals surface area (Å²) >= 11 is 0. The van der Waals surface area contributed by atoms with Crippen LogP contribution in [0.5, 0.6) is 0 Å². The number of amides is 2. The summed E-state index contributed by atoms with van der Waals surface area (Å²) in [5.41, 5.74) is 7.27. The zero-order valence-corrected chi connectivity index (χ0v) is 16.2. The largest absolute Gasteiger partial charge is 0.349 e. The van der Waals surface area contributed by atoms with E-state index in [0.29, 0.717) is 13.0 Å². The molecule has 0 spiro atoms. The van der Waals surface area contributed by atoms with E-state index < -0.39 is 5.41 Å². The molecule has 0 saturated carbocycles. The predicted octanol–water partition coefficient (Wildman–Crippen LogP) is 3.18. The number of anilines is 1. The minimum atomic E-state index is -0.503. The van der Waals surface area contributed by atoms with Gasteiger partial charge in [0.05, 0.1) is 11.5 Å². The van der Waals surface area contributed by atoms with E-state index in [-0.39, 0.29) is 30.3 Å². The Labute approximate surface area is 156 Å². The van der Waals surface area contributed by atoms with Gasteiger partial charge in [-0.1, -0.05) is 26.0 Å². The SMILES string of the molecule is CCC(CC)(CN)C(=O)NC(C)c1cccc(N2CCCC2=O)c1.Cl. The lowest BCUT2D eigenvalue weighted by Crippen LogP contribution is -2.46. The van der Waals surface area contributed by atoms with E-state index in [9.17, 15) is 9.59 Å². The van der Waals surface area contributed by atoms with Crippen molar-refractivity contribution in [3.05, 3.63) is 29.8 Å². The Morgan fingerprint density at radius 1 is 1.36 bits per heavy atom. The van der Waals surface area contributed by atoms with E-state index in [0.717, 1.165) is 37.1 Å². The highest BCUT2D eigenvalue weighted by molar-refractivity contribution is 5.95. The van der Waals surface area contributed by atoms with Gasteiger partial charge in [-0.25, -0.2) is 0 Å². The Balaban J connectivity index is 0.00000312. The topological polar surface area (TPSA) is 75.4 Å². The third-order valence-corrected chi connectivity index (χ3v) is 5.33. The number of halogens is 1. The number of hydrogen-bond acceptors (Lipinski definition) is 3. The fourth-order valence-electron chi connectivity index (χ4n) is 3.27. The van der Waals surface area contributed by atoms with Crippen LogP contribution in [-0.2, 0) is 9.59 Å². The van der Waals surface area contributed by atoms with Crippen LogP contribution in [0.4, 0.5) is 5.69 Å². The van der Waals surface area contributed by atoms with Crippen molar-refractivity contribution in [3.63, 3.8) is 0 Å². The molecule has 1 saturated heterocycles. The average Bonchev–Trinajstić information content (AvgIpc) is 3.03. The van der Waals surface area contributed by atoms with Gasteiger partial charge in [0.1, 0.15) is 0 Å². The number of nitrogens with two attached hydrogens (primary N) is 1. The Morgan fingerprint density at radius 2 is 2.04 bits per heavy atom. The number of benzene rings is 1. The molecule has 0 aromatic heterocycles. The molecule has 25 heavy (non-hydrogen) atoms. The van der Waals surface area contributed by atoms with Gasteiger partial charge in [-0.15, -0.1) is 12.4 Å². The van der Waals surface area contributed by atoms with Gasteiger partial charge in [-0.3, -0.25) is 9.59 Å². The monoisotopic (exact) mass is 367 g/mol. The summed E-state index contributed by atoms with van der Waals surface area (Å²) in [5, 5.41) is 3.10. The maximum absolute atomic E-state index is 12.7. The lowest BCUT2D eigenvalue weighted by molar-refractivity contribution is -0.131. The van der Waals surface area contributed by atoms with Crippen LogP contribution in [0.3, 0.4) is 0 Å². The van der Waals surface area contributed by atoms with Gasteiger partial charge in [0.15, 0.2) is 0 Å². The van der Waals surface area contributed by atoms with E-state index in [1.54, 1.807) is 0 Å². The molecule has 0 aliphatic carbocycles. The zero-order chi connectivity index (χ0) is 17.7. The van der Waals surface area contributed by atoms with Crippen molar-refractivity contribution in [1.29, 1.82) is 0 Å². The second kappa shape index (κ2) is 9.20. The van der Waals surface area contributed by atoms with Gasteiger partial charge < -0.3 is 16.0 Å². The number of carbonyl (C=O) groups is 2. The molecule has 6 heteroatoms. The summed E-state index contributed by atoms with van der Waals surface area (Å²) in [7, 11) is 0. The number of nitrogens with zero attached hydrogens (tertiary/aromatic N) is 1. The van der Waals surface area contributed by atoms with Crippen LogP contribution in [0.25, 0.3) is 0 Å². The minimum Gasteiger partial charge on any atom is -0.349 e. The van der Waals surface area contributed by atoms with Crippen molar-refractivity contribution in [3.8, 4) is 0 Å².